The molecule has 6 nitrogen and oxygen atoms in total. The summed E-state index contributed by atoms with van der Waals surface area (Å²) < 4.78 is 0. The van der Waals surface area contributed by atoms with Gasteiger partial charge < -0.3 is 5.32 Å². The summed E-state index contributed by atoms with van der Waals surface area (Å²) in [7, 11) is 1.84. The molecule has 0 radical (unpaired) electrons. The second-order valence-corrected chi connectivity index (χ2v) is 6.78. The van der Waals surface area contributed by atoms with Gasteiger partial charge in [-0.25, -0.2) is 0 Å². The van der Waals surface area contributed by atoms with Crippen LogP contribution in [0.4, 0.5) is 11.4 Å². The Bertz CT molecular complexity index is 768. The predicted octanol–water partition coefficient (Wildman–Crippen LogP) is 4.04. The number of anilines is 1. The maximum Gasteiger partial charge on any atom is 0.289 e. The number of hydrogen-bond acceptors (Lipinski definition) is 5. The first-order chi connectivity index (χ1) is 11.9. The highest BCUT2D eigenvalue weighted by molar-refractivity contribution is 7.98. The molecule has 8 heteroatoms. The third-order valence-electron chi connectivity index (χ3n) is 3.45. The highest BCUT2D eigenvalue weighted by atomic mass is 35.5. The van der Waals surface area contributed by atoms with Gasteiger partial charge in [0.25, 0.3) is 5.69 Å². The molecule has 2 rings (SSSR count). The van der Waals surface area contributed by atoms with Crippen LogP contribution in [0.15, 0.2) is 47.4 Å². The molecule has 0 spiro atoms. The molecule has 0 fully saturated rings. The Hall–Kier alpha value is -2.09. The van der Waals surface area contributed by atoms with Crippen molar-refractivity contribution in [2.75, 3.05) is 25.2 Å². The van der Waals surface area contributed by atoms with Crippen LogP contribution in [-0.4, -0.2) is 35.6 Å². The van der Waals surface area contributed by atoms with Crippen LogP contribution in [0.5, 0.6) is 0 Å². The van der Waals surface area contributed by atoms with Gasteiger partial charge in [-0.05, 0) is 43.1 Å². The van der Waals surface area contributed by atoms with Crippen molar-refractivity contribution in [1.29, 1.82) is 0 Å². The molecule has 25 heavy (non-hydrogen) atoms. The Morgan fingerprint density at radius 2 is 1.96 bits per heavy atom. The van der Waals surface area contributed by atoms with E-state index in [2.05, 4.69) is 5.32 Å². The van der Waals surface area contributed by atoms with E-state index in [1.54, 1.807) is 11.8 Å². The number of thioether (sulfide) groups is 1. The van der Waals surface area contributed by atoms with Gasteiger partial charge in [-0.1, -0.05) is 23.7 Å². The van der Waals surface area contributed by atoms with Gasteiger partial charge in [0.2, 0.25) is 5.91 Å². The fraction of sp³-hybridized carbons (Fsp3) is 0.235. The van der Waals surface area contributed by atoms with Crippen LogP contribution in [0.1, 0.15) is 5.56 Å². The first-order valence-corrected chi connectivity index (χ1v) is 9.04. The van der Waals surface area contributed by atoms with E-state index in [1.165, 1.54) is 23.1 Å². The van der Waals surface area contributed by atoms with Gasteiger partial charge in [-0.2, -0.15) is 0 Å². The predicted molar refractivity (Wildman–Crippen MR) is 101 cm³/mol. The number of hydrogen-bond donors (Lipinski definition) is 1. The minimum absolute atomic E-state index is 0.0359. The summed E-state index contributed by atoms with van der Waals surface area (Å²) >= 11 is 7.44. The molecule has 1 amide bonds. The molecule has 0 heterocycles. The summed E-state index contributed by atoms with van der Waals surface area (Å²) in [6, 6.07) is 12.3. The fourth-order valence-electron chi connectivity index (χ4n) is 2.27. The lowest BCUT2D eigenvalue weighted by Gasteiger charge is -2.16. The average molecular weight is 380 g/mol. The van der Waals surface area contributed by atoms with Crippen molar-refractivity contribution in [3.63, 3.8) is 0 Å². The number of carbonyl (C=O) groups is 1. The number of likely N-dealkylation sites (N-methyl/N-ethyl adjacent to an activating group) is 1. The third-order valence-corrected chi connectivity index (χ3v) is 4.51. The van der Waals surface area contributed by atoms with Gasteiger partial charge >= 0.3 is 0 Å². The largest absolute Gasteiger partial charge is 0.325 e. The summed E-state index contributed by atoms with van der Waals surface area (Å²) in [6.07, 6.45) is 2.02. The number of nitro benzene ring substituents is 1. The zero-order valence-corrected chi connectivity index (χ0v) is 15.4. The van der Waals surface area contributed by atoms with Crippen molar-refractivity contribution in [3.8, 4) is 0 Å². The second kappa shape index (κ2) is 8.84. The number of rotatable bonds is 7. The van der Waals surface area contributed by atoms with Crippen molar-refractivity contribution >= 4 is 40.6 Å². The molecule has 132 valence electrons. The van der Waals surface area contributed by atoms with Gasteiger partial charge in [0, 0.05) is 23.2 Å². The average Bonchev–Trinajstić information content (AvgIpc) is 2.56. The van der Waals surface area contributed by atoms with Crippen LogP contribution in [0, 0.1) is 10.1 Å². The highest BCUT2D eigenvalue weighted by Gasteiger charge is 2.14. The monoisotopic (exact) mass is 379 g/mol. The molecule has 0 saturated heterocycles. The Kier molecular flexibility index (Phi) is 6.81. The zero-order valence-electron chi connectivity index (χ0n) is 13.9. The molecule has 1 N–H and O–H groups in total. The molecule has 0 aromatic heterocycles. The first-order valence-electron chi connectivity index (χ1n) is 7.44. The SMILES string of the molecule is CSc1ccc(CN(C)CC(=O)Nc2ccc(Cl)c([N+](=O)[O-])c2)cc1. The molecular weight excluding hydrogens is 362 g/mol. The smallest absolute Gasteiger partial charge is 0.289 e. The summed E-state index contributed by atoms with van der Waals surface area (Å²) in [5.74, 6) is -0.250. The molecule has 2 aromatic carbocycles. The number of benzene rings is 2. The van der Waals surface area contributed by atoms with E-state index in [-0.39, 0.29) is 23.2 Å². The quantitative estimate of drug-likeness (QED) is 0.446. The topological polar surface area (TPSA) is 75.5 Å². The number of halogens is 1. The number of amides is 1. The minimum atomic E-state index is -0.581. The Morgan fingerprint density at radius 3 is 2.56 bits per heavy atom. The Balaban J connectivity index is 1.92. The molecule has 0 aliphatic carbocycles. The van der Waals surface area contributed by atoms with E-state index < -0.39 is 4.92 Å². The van der Waals surface area contributed by atoms with Crippen molar-refractivity contribution in [2.24, 2.45) is 0 Å². The molecule has 0 unspecified atom stereocenters. The first kappa shape index (κ1) is 19.2. The van der Waals surface area contributed by atoms with Crippen LogP contribution in [0.25, 0.3) is 0 Å². The standard InChI is InChI=1S/C17H18ClN3O3S/c1-20(10-12-3-6-14(25-2)7-4-12)11-17(22)19-13-5-8-15(18)16(9-13)21(23)24/h3-9H,10-11H2,1-2H3,(H,19,22). The fourth-order valence-corrected chi connectivity index (χ4v) is 2.87. The molecule has 0 atom stereocenters. The van der Waals surface area contributed by atoms with Crippen molar-refractivity contribution in [3.05, 3.63) is 63.2 Å². The number of nitro groups is 1. The molecule has 0 saturated carbocycles. The van der Waals surface area contributed by atoms with Gasteiger partial charge in [0.15, 0.2) is 0 Å². The normalized spacial score (nSPS) is 10.7. The lowest BCUT2D eigenvalue weighted by atomic mass is 10.2. The van der Waals surface area contributed by atoms with Crippen molar-refractivity contribution in [2.45, 2.75) is 11.4 Å². The molecule has 0 bridgehead atoms. The van der Waals surface area contributed by atoms with Crippen LogP contribution < -0.4 is 5.32 Å². The Morgan fingerprint density at radius 1 is 1.28 bits per heavy atom. The number of nitrogens with zero attached hydrogens (tertiary/aromatic N) is 2. The van der Waals surface area contributed by atoms with Crippen LogP contribution in [-0.2, 0) is 11.3 Å². The van der Waals surface area contributed by atoms with Gasteiger partial charge in [0.1, 0.15) is 5.02 Å². The molecule has 0 aliphatic rings. The van der Waals surface area contributed by atoms with Crippen LogP contribution in [0.3, 0.4) is 0 Å². The summed E-state index contributed by atoms with van der Waals surface area (Å²) in [4.78, 5) is 25.5. The summed E-state index contributed by atoms with van der Waals surface area (Å²) in [5.41, 5.74) is 1.22. The van der Waals surface area contributed by atoms with Crippen LogP contribution >= 0.6 is 23.4 Å². The third kappa shape index (κ3) is 5.74. The van der Waals surface area contributed by atoms with Gasteiger partial charge in [-0.3, -0.25) is 19.8 Å². The molecular formula is C17H18ClN3O3S. The summed E-state index contributed by atoms with van der Waals surface area (Å²) in [5, 5.41) is 13.6. The zero-order chi connectivity index (χ0) is 18.4. The lowest BCUT2D eigenvalue weighted by Crippen LogP contribution is -2.29. The highest BCUT2D eigenvalue weighted by Crippen LogP contribution is 2.27. The van der Waals surface area contributed by atoms with Crippen molar-refractivity contribution < 1.29 is 9.72 Å². The number of nitrogens with one attached hydrogen (secondary N) is 1. The van der Waals surface area contributed by atoms with E-state index in [0.29, 0.717) is 12.2 Å². The maximum atomic E-state index is 12.1. The lowest BCUT2D eigenvalue weighted by molar-refractivity contribution is -0.384. The van der Waals surface area contributed by atoms with E-state index in [0.717, 1.165) is 5.56 Å². The Labute approximate surface area is 155 Å². The molecule has 0 aliphatic heterocycles. The van der Waals surface area contributed by atoms with Gasteiger partial charge in [-0.15, -0.1) is 11.8 Å². The van der Waals surface area contributed by atoms with E-state index in [4.69, 9.17) is 11.6 Å². The summed E-state index contributed by atoms with van der Waals surface area (Å²) in [6.45, 7) is 0.795. The van der Waals surface area contributed by atoms with Crippen LogP contribution in [0.2, 0.25) is 5.02 Å². The van der Waals surface area contributed by atoms with Gasteiger partial charge in [0.05, 0.1) is 11.5 Å². The number of carbonyl (C=O) groups excluding carboxylic acids is 1. The maximum absolute atomic E-state index is 12.1. The van der Waals surface area contributed by atoms with Crippen molar-refractivity contribution in [1.82, 2.24) is 4.90 Å². The molecule has 2 aromatic rings. The van der Waals surface area contributed by atoms with E-state index in [9.17, 15) is 14.9 Å². The van der Waals surface area contributed by atoms with E-state index >= 15 is 0 Å². The minimum Gasteiger partial charge on any atom is -0.325 e. The second-order valence-electron chi connectivity index (χ2n) is 5.49. The van der Waals surface area contributed by atoms with E-state index in [1.807, 2.05) is 42.5 Å².